The zero-order valence-corrected chi connectivity index (χ0v) is 10.2. The largest absolute Gasteiger partial charge is 0.376 e. The van der Waals surface area contributed by atoms with Gasteiger partial charge in [0.05, 0.1) is 22.2 Å². The lowest BCUT2D eigenvalue weighted by molar-refractivity contribution is -0.383. The Kier molecular flexibility index (Phi) is 2.48. The third-order valence-electron chi connectivity index (χ3n) is 3.40. The van der Waals surface area contributed by atoms with E-state index in [9.17, 15) is 14.9 Å². The molecule has 19 heavy (non-hydrogen) atoms. The van der Waals surface area contributed by atoms with Crippen molar-refractivity contribution in [2.45, 2.75) is 19.4 Å². The van der Waals surface area contributed by atoms with Crippen LogP contribution in [-0.4, -0.2) is 20.9 Å². The van der Waals surface area contributed by atoms with Crippen LogP contribution < -0.4 is 10.9 Å². The van der Waals surface area contributed by atoms with Crippen LogP contribution in [0.15, 0.2) is 23.3 Å². The lowest BCUT2D eigenvalue weighted by atomic mass is 10.2. The third kappa shape index (κ3) is 2.03. The second-order valence-electron chi connectivity index (χ2n) is 4.84. The predicted octanol–water partition coefficient (Wildman–Crippen LogP) is 1.65. The maximum absolute atomic E-state index is 11.6. The minimum atomic E-state index is -0.485. The number of rotatable bonds is 3. The molecule has 1 aliphatic rings. The Balaban J connectivity index is 2.15. The number of nitrogens with one attached hydrogen (secondary N) is 2. The zero-order chi connectivity index (χ0) is 13.6. The van der Waals surface area contributed by atoms with Crippen LogP contribution in [0.25, 0.3) is 10.9 Å². The molecule has 0 bridgehead atoms. The number of nitro groups is 1. The summed E-state index contributed by atoms with van der Waals surface area (Å²) in [6, 6.07) is 3.10. The number of aromatic amines is 1. The van der Waals surface area contributed by atoms with E-state index < -0.39 is 4.92 Å². The topological polar surface area (TPSA) is 101 Å². The summed E-state index contributed by atoms with van der Waals surface area (Å²) in [5.74, 6) is 0.516. The Morgan fingerprint density at radius 3 is 2.89 bits per heavy atom. The fourth-order valence-electron chi connectivity index (χ4n) is 2.09. The van der Waals surface area contributed by atoms with Crippen LogP contribution in [0.2, 0.25) is 0 Å². The van der Waals surface area contributed by atoms with Gasteiger partial charge in [0.1, 0.15) is 5.69 Å². The Morgan fingerprint density at radius 2 is 2.26 bits per heavy atom. The average Bonchev–Trinajstić information content (AvgIpc) is 3.04. The second-order valence-corrected chi connectivity index (χ2v) is 4.84. The average molecular weight is 260 g/mol. The summed E-state index contributed by atoms with van der Waals surface area (Å²) in [4.78, 5) is 28.7. The number of H-pyrrole nitrogens is 1. The Hall–Kier alpha value is -2.44. The monoisotopic (exact) mass is 260 g/mol. The summed E-state index contributed by atoms with van der Waals surface area (Å²) in [5, 5.41) is 14.5. The molecule has 0 saturated heterocycles. The summed E-state index contributed by atoms with van der Waals surface area (Å²) in [5.41, 5.74) is 0.402. The van der Waals surface area contributed by atoms with E-state index in [1.165, 1.54) is 12.4 Å². The number of benzene rings is 1. The van der Waals surface area contributed by atoms with Crippen LogP contribution >= 0.6 is 0 Å². The molecular formula is C12H12N4O3. The van der Waals surface area contributed by atoms with Gasteiger partial charge in [-0.1, -0.05) is 6.92 Å². The van der Waals surface area contributed by atoms with Crippen LogP contribution in [0, 0.1) is 16.0 Å². The molecule has 1 heterocycles. The molecule has 0 amide bonds. The summed E-state index contributed by atoms with van der Waals surface area (Å²) >= 11 is 0. The number of hydrogen-bond acceptors (Lipinski definition) is 5. The van der Waals surface area contributed by atoms with E-state index in [-0.39, 0.29) is 22.7 Å². The van der Waals surface area contributed by atoms with Gasteiger partial charge in [-0.15, -0.1) is 0 Å². The standard InChI is InChI=1S/C12H12N4O3/c1-6-2-8(6)15-10-4-9-7(3-11(10)16(18)19)12(17)14-5-13-9/h3-6,8,15H,2H2,1H3,(H,13,14,17). The first kappa shape index (κ1) is 11.6. The third-order valence-corrected chi connectivity index (χ3v) is 3.40. The molecule has 98 valence electrons. The smallest absolute Gasteiger partial charge is 0.293 e. The summed E-state index contributed by atoms with van der Waals surface area (Å²) in [7, 11) is 0. The number of nitro benzene ring substituents is 1. The first-order chi connectivity index (χ1) is 9.06. The van der Waals surface area contributed by atoms with E-state index in [0.717, 1.165) is 6.42 Å². The van der Waals surface area contributed by atoms with E-state index in [1.807, 2.05) is 0 Å². The Bertz CT molecular complexity index is 724. The molecule has 2 unspecified atom stereocenters. The number of hydrogen-bond donors (Lipinski definition) is 2. The SMILES string of the molecule is CC1CC1Nc1cc2nc[nH]c(=O)c2cc1[N+](=O)[O-]. The summed E-state index contributed by atoms with van der Waals surface area (Å²) in [6.07, 6.45) is 2.29. The first-order valence-corrected chi connectivity index (χ1v) is 5.98. The van der Waals surface area contributed by atoms with E-state index in [0.29, 0.717) is 17.1 Å². The predicted molar refractivity (Wildman–Crippen MR) is 70.2 cm³/mol. The minimum absolute atomic E-state index is 0.0925. The highest BCUT2D eigenvalue weighted by Crippen LogP contribution is 2.36. The van der Waals surface area contributed by atoms with E-state index in [1.54, 1.807) is 6.07 Å². The van der Waals surface area contributed by atoms with Crippen LogP contribution in [-0.2, 0) is 0 Å². The normalized spacial score (nSPS) is 21.3. The van der Waals surface area contributed by atoms with Crippen molar-refractivity contribution in [2.24, 2.45) is 5.92 Å². The van der Waals surface area contributed by atoms with Gasteiger partial charge in [-0.05, 0) is 18.4 Å². The molecule has 1 fully saturated rings. The lowest BCUT2D eigenvalue weighted by Crippen LogP contribution is -2.10. The molecule has 1 aromatic heterocycles. The van der Waals surface area contributed by atoms with E-state index >= 15 is 0 Å². The van der Waals surface area contributed by atoms with Gasteiger partial charge in [-0.3, -0.25) is 14.9 Å². The molecule has 0 aliphatic heterocycles. The molecule has 1 aromatic carbocycles. The molecule has 1 saturated carbocycles. The molecular weight excluding hydrogens is 248 g/mol. The molecule has 1 aliphatic carbocycles. The number of nitrogens with zero attached hydrogens (tertiary/aromatic N) is 2. The van der Waals surface area contributed by atoms with Crippen molar-refractivity contribution in [3.8, 4) is 0 Å². The van der Waals surface area contributed by atoms with Crippen molar-refractivity contribution in [1.82, 2.24) is 9.97 Å². The Labute approximate surface area is 107 Å². The summed E-state index contributed by atoms with van der Waals surface area (Å²) < 4.78 is 0. The van der Waals surface area contributed by atoms with Gasteiger partial charge in [-0.2, -0.15) is 0 Å². The molecule has 2 N–H and O–H groups in total. The molecule has 0 spiro atoms. The maximum Gasteiger partial charge on any atom is 0.293 e. The molecule has 3 rings (SSSR count). The molecule has 0 radical (unpaired) electrons. The van der Waals surface area contributed by atoms with Gasteiger partial charge in [-0.25, -0.2) is 4.98 Å². The number of anilines is 1. The van der Waals surface area contributed by atoms with Crippen molar-refractivity contribution in [3.63, 3.8) is 0 Å². The molecule has 2 atom stereocenters. The number of aromatic nitrogens is 2. The fraction of sp³-hybridized carbons (Fsp3) is 0.333. The van der Waals surface area contributed by atoms with Crippen molar-refractivity contribution in [3.05, 3.63) is 38.9 Å². The van der Waals surface area contributed by atoms with Crippen LogP contribution in [0.1, 0.15) is 13.3 Å². The van der Waals surface area contributed by atoms with Crippen LogP contribution in [0.5, 0.6) is 0 Å². The van der Waals surface area contributed by atoms with Gasteiger partial charge in [0.25, 0.3) is 11.2 Å². The number of fused-ring (bicyclic) bond motifs is 1. The highest BCUT2D eigenvalue weighted by Gasteiger charge is 2.34. The zero-order valence-electron chi connectivity index (χ0n) is 10.2. The van der Waals surface area contributed by atoms with Gasteiger partial charge >= 0.3 is 0 Å². The molecule has 2 aromatic rings. The van der Waals surface area contributed by atoms with Crippen LogP contribution in [0.4, 0.5) is 11.4 Å². The van der Waals surface area contributed by atoms with Crippen molar-refractivity contribution in [1.29, 1.82) is 0 Å². The van der Waals surface area contributed by atoms with Crippen molar-refractivity contribution in [2.75, 3.05) is 5.32 Å². The highest BCUT2D eigenvalue weighted by atomic mass is 16.6. The van der Waals surface area contributed by atoms with E-state index in [2.05, 4.69) is 22.2 Å². The molecule has 7 heteroatoms. The van der Waals surface area contributed by atoms with Gasteiger partial charge in [0.15, 0.2) is 0 Å². The summed E-state index contributed by atoms with van der Waals surface area (Å²) in [6.45, 7) is 2.08. The maximum atomic E-state index is 11.6. The van der Waals surface area contributed by atoms with Gasteiger partial charge in [0.2, 0.25) is 0 Å². The van der Waals surface area contributed by atoms with E-state index in [4.69, 9.17) is 0 Å². The quantitative estimate of drug-likeness (QED) is 0.645. The lowest BCUT2D eigenvalue weighted by Gasteiger charge is -2.07. The second kappa shape index (κ2) is 4.04. The molecule has 7 nitrogen and oxygen atoms in total. The van der Waals surface area contributed by atoms with Gasteiger partial charge < -0.3 is 10.3 Å². The minimum Gasteiger partial charge on any atom is -0.376 e. The highest BCUT2D eigenvalue weighted by molar-refractivity contribution is 5.86. The van der Waals surface area contributed by atoms with Crippen molar-refractivity contribution < 1.29 is 4.92 Å². The van der Waals surface area contributed by atoms with Crippen LogP contribution in [0.3, 0.4) is 0 Å². The fourth-order valence-corrected chi connectivity index (χ4v) is 2.09. The van der Waals surface area contributed by atoms with Crippen molar-refractivity contribution >= 4 is 22.3 Å². The van der Waals surface area contributed by atoms with Gasteiger partial charge in [0, 0.05) is 12.1 Å². The Morgan fingerprint density at radius 1 is 1.53 bits per heavy atom. The first-order valence-electron chi connectivity index (χ1n) is 5.98.